The van der Waals surface area contributed by atoms with E-state index in [-0.39, 0.29) is 6.61 Å². The summed E-state index contributed by atoms with van der Waals surface area (Å²) in [4.78, 5) is 14.1. The predicted molar refractivity (Wildman–Crippen MR) is 61.3 cm³/mol. The van der Waals surface area contributed by atoms with Crippen LogP contribution in [0.25, 0.3) is 4.98 Å². The Morgan fingerprint density at radius 3 is 2.47 bits per heavy atom. The van der Waals surface area contributed by atoms with Crippen molar-refractivity contribution in [3.63, 3.8) is 0 Å². The van der Waals surface area contributed by atoms with Crippen molar-refractivity contribution in [3.8, 4) is 0 Å². The molecule has 0 aromatic carbocycles. The molecule has 0 aliphatic carbocycles. The van der Waals surface area contributed by atoms with Gasteiger partial charge < -0.3 is 14.6 Å². The summed E-state index contributed by atoms with van der Waals surface area (Å²) in [7, 11) is 0. The van der Waals surface area contributed by atoms with Gasteiger partial charge in [0.15, 0.2) is 4.98 Å². The molecule has 0 aliphatic heterocycles. The summed E-state index contributed by atoms with van der Waals surface area (Å²) >= 11 is 0. The van der Waals surface area contributed by atoms with E-state index in [4.69, 9.17) is 14.9 Å². The van der Waals surface area contributed by atoms with Gasteiger partial charge in [0, 0.05) is 0 Å². The Balaban J connectivity index is 4.76. The maximum absolute atomic E-state index is 11.5. The van der Waals surface area contributed by atoms with Crippen LogP contribution >= 0.6 is 0 Å². The number of aliphatic hydroxyl groups excluding tert-OH is 1. The second-order valence-electron chi connectivity index (χ2n) is 4.14. The van der Waals surface area contributed by atoms with Crippen LogP contribution in [0, 0.1) is 5.39 Å². The molecule has 0 aromatic rings. The van der Waals surface area contributed by atoms with Gasteiger partial charge in [0.25, 0.3) is 0 Å². The molecule has 0 aliphatic rings. The number of esters is 1. The van der Waals surface area contributed by atoms with Gasteiger partial charge in [0.05, 0.1) is 0 Å². The second-order valence-corrected chi connectivity index (χ2v) is 4.14. The number of nitrogens with zero attached hydrogens (tertiary/aromatic N) is 2. The lowest BCUT2D eigenvalue weighted by atomic mass is 10.2. The van der Waals surface area contributed by atoms with Crippen LogP contribution in [0.5, 0.6) is 0 Å². The minimum Gasteiger partial charge on any atom is -0.475 e. The van der Waals surface area contributed by atoms with Crippen LogP contribution < -0.4 is 0 Å². The maximum Gasteiger partial charge on any atom is 0.547 e. The zero-order valence-corrected chi connectivity index (χ0v) is 10.4. The first kappa shape index (κ1) is 15.0. The number of rotatable bonds is 4. The molecule has 6 heteroatoms. The third-order valence-electron chi connectivity index (χ3n) is 1.45. The molecule has 0 saturated heterocycles. The fourth-order valence-corrected chi connectivity index (χ4v) is 0.789. The van der Waals surface area contributed by atoms with Crippen molar-refractivity contribution in [1.82, 2.24) is 0 Å². The predicted octanol–water partition coefficient (Wildman–Crippen LogP) is 2.50. The average Bonchev–Trinajstić information content (AvgIpc) is 2.16. The summed E-state index contributed by atoms with van der Waals surface area (Å²) in [5, 5.41) is 18.0. The number of carbonyl (C=O) groups excluding carboxylic acids is 1. The Hall–Kier alpha value is -2.03. The standard InChI is InChI=1S/C11H16N2O4/c1-5-6-7-16-9(14)8(13-12)10(15)17-11(2,3)4/h5-6H,7H2,1-4H3/p+1/b6-5+. The van der Waals surface area contributed by atoms with Gasteiger partial charge in [-0.1, -0.05) is 12.2 Å². The summed E-state index contributed by atoms with van der Waals surface area (Å²) in [6.07, 6.45) is 3.32. The van der Waals surface area contributed by atoms with Crippen LogP contribution in [0.4, 0.5) is 0 Å². The van der Waals surface area contributed by atoms with Gasteiger partial charge in [-0.3, -0.25) is 0 Å². The molecule has 0 radical (unpaired) electrons. The maximum atomic E-state index is 11.5. The van der Waals surface area contributed by atoms with Crippen molar-refractivity contribution < 1.29 is 19.4 Å². The second kappa shape index (κ2) is 6.53. The number of diazo groups is 1. The normalized spacial score (nSPS) is 12.9. The van der Waals surface area contributed by atoms with E-state index in [2.05, 4.69) is 4.98 Å². The Labute approximate surface area is 100 Å². The minimum absolute atomic E-state index is 0.0597. The van der Waals surface area contributed by atoms with Crippen LogP contribution in [0.3, 0.4) is 0 Å². The molecule has 0 bridgehead atoms. The molecule has 0 unspecified atom stereocenters. The third-order valence-corrected chi connectivity index (χ3v) is 1.45. The molecule has 0 spiro atoms. The van der Waals surface area contributed by atoms with Crippen molar-refractivity contribution in [2.45, 2.75) is 33.3 Å². The smallest absolute Gasteiger partial charge is 0.475 e. The quantitative estimate of drug-likeness (QED) is 0.269. The zero-order chi connectivity index (χ0) is 13.5. The first-order valence-corrected chi connectivity index (χ1v) is 5.07. The number of hydrogen-bond acceptors (Lipinski definition) is 5. The summed E-state index contributed by atoms with van der Waals surface area (Å²) in [5.41, 5.74) is -1.42. The monoisotopic (exact) mass is 241 g/mol. The lowest BCUT2D eigenvalue weighted by molar-refractivity contribution is -0.150. The SMILES string of the molecule is C/C=C/CO/C(O)=C(\[N+]#N)C(=O)OC(C)(C)C. The highest BCUT2D eigenvalue weighted by Crippen LogP contribution is 2.14. The largest absolute Gasteiger partial charge is 0.547 e. The molecular formula is C11H17N2O4+. The van der Waals surface area contributed by atoms with Gasteiger partial charge in [-0.05, 0) is 27.7 Å². The van der Waals surface area contributed by atoms with E-state index >= 15 is 0 Å². The first-order valence-electron chi connectivity index (χ1n) is 5.07. The summed E-state index contributed by atoms with van der Waals surface area (Å²) in [6.45, 7) is 6.78. The summed E-state index contributed by atoms with van der Waals surface area (Å²) < 4.78 is 9.67. The van der Waals surface area contributed by atoms with E-state index in [9.17, 15) is 9.90 Å². The van der Waals surface area contributed by atoms with Crippen molar-refractivity contribution in [1.29, 1.82) is 5.39 Å². The molecular weight excluding hydrogens is 224 g/mol. The van der Waals surface area contributed by atoms with E-state index in [0.717, 1.165) is 0 Å². The highest BCUT2D eigenvalue weighted by Gasteiger charge is 2.35. The Morgan fingerprint density at radius 1 is 1.47 bits per heavy atom. The van der Waals surface area contributed by atoms with Gasteiger partial charge in [0.2, 0.25) is 5.39 Å². The summed E-state index contributed by atoms with van der Waals surface area (Å²) in [6, 6.07) is 0. The molecule has 6 nitrogen and oxygen atoms in total. The van der Waals surface area contributed by atoms with Crippen molar-refractivity contribution >= 4 is 5.97 Å². The molecule has 0 aromatic heterocycles. The molecule has 0 heterocycles. The molecule has 0 amide bonds. The Morgan fingerprint density at radius 2 is 2.06 bits per heavy atom. The van der Waals surface area contributed by atoms with Gasteiger partial charge in [-0.2, -0.15) is 0 Å². The summed E-state index contributed by atoms with van der Waals surface area (Å²) in [5.74, 6) is -1.74. The Bertz CT molecular complexity index is 372. The van der Waals surface area contributed by atoms with Crippen LogP contribution in [0.2, 0.25) is 0 Å². The third kappa shape index (κ3) is 6.20. The van der Waals surface area contributed by atoms with E-state index in [1.165, 1.54) is 0 Å². The van der Waals surface area contributed by atoms with E-state index in [0.29, 0.717) is 0 Å². The van der Waals surface area contributed by atoms with E-state index in [1.807, 2.05) is 0 Å². The molecule has 0 rings (SSSR count). The highest BCUT2D eigenvalue weighted by atomic mass is 16.6. The highest BCUT2D eigenvalue weighted by molar-refractivity contribution is 5.90. The number of ether oxygens (including phenoxy) is 2. The fourth-order valence-electron chi connectivity index (χ4n) is 0.789. The first-order chi connectivity index (χ1) is 7.81. The van der Waals surface area contributed by atoms with Gasteiger partial charge >= 0.3 is 17.6 Å². The van der Waals surface area contributed by atoms with Crippen molar-refractivity contribution in [2.75, 3.05) is 6.61 Å². The number of allylic oxidation sites excluding steroid dienone is 1. The molecule has 17 heavy (non-hydrogen) atoms. The fraction of sp³-hybridized carbons (Fsp3) is 0.545. The molecule has 94 valence electrons. The molecule has 0 saturated carbocycles. The van der Waals surface area contributed by atoms with Crippen molar-refractivity contribution in [2.24, 2.45) is 0 Å². The van der Waals surface area contributed by atoms with Crippen LogP contribution in [0.1, 0.15) is 27.7 Å². The Kier molecular flexibility index (Phi) is 5.75. The lowest BCUT2D eigenvalue weighted by Gasteiger charge is -2.16. The van der Waals surface area contributed by atoms with Crippen molar-refractivity contribution in [3.05, 3.63) is 28.8 Å². The van der Waals surface area contributed by atoms with Gasteiger partial charge in [-0.15, -0.1) is 0 Å². The molecule has 0 atom stereocenters. The lowest BCUT2D eigenvalue weighted by Crippen LogP contribution is -2.25. The average molecular weight is 241 g/mol. The van der Waals surface area contributed by atoms with Crippen LogP contribution in [-0.2, 0) is 14.3 Å². The number of hydrogen-bond donors (Lipinski definition) is 1. The molecule has 0 fully saturated rings. The number of carbonyl (C=O) groups is 1. The van der Waals surface area contributed by atoms with Gasteiger partial charge in [0.1, 0.15) is 12.2 Å². The van der Waals surface area contributed by atoms with Gasteiger partial charge in [-0.25, -0.2) is 4.79 Å². The van der Waals surface area contributed by atoms with Crippen LogP contribution in [-0.4, -0.2) is 23.3 Å². The van der Waals surface area contributed by atoms with Crippen LogP contribution in [0.15, 0.2) is 23.8 Å². The topological polar surface area (TPSA) is 83.9 Å². The van der Waals surface area contributed by atoms with E-state index < -0.39 is 23.2 Å². The number of aliphatic hydroxyl groups is 1. The molecule has 1 N–H and O–H groups in total. The minimum atomic E-state index is -0.960. The van der Waals surface area contributed by atoms with E-state index in [1.54, 1.807) is 39.8 Å². The zero-order valence-electron chi connectivity index (χ0n) is 10.4.